The van der Waals surface area contributed by atoms with Gasteiger partial charge in [-0.25, -0.2) is 9.37 Å². The molecule has 2 bridgehead atoms. The average molecular weight is 574 g/mol. The van der Waals surface area contributed by atoms with Crippen molar-refractivity contribution in [3.63, 3.8) is 0 Å². The quantitative estimate of drug-likeness (QED) is 0.243. The largest absolute Gasteiger partial charge is 0.487 e. The summed E-state index contributed by atoms with van der Waals surface area (Å²) in [5.41, 5.74) is 3.31. The van der Waals surface area contributed by atoms with Gasteiger partial charge in [0, 0.05) is 11.5 Å². The molecule has 4 aromatic rings. The Morgan fingerprint density at radius 3 is 2.54 bits per heavy atom. The number of aliphatic hydroxyl groups is 1. The first-order valence-corrected chi connectivity index (χ1v) is 15.2. The lowest BCUT2D eigenvalue weighted by Crippen LogP contribution is -2.44. The third kappa shape index (κ3) is 4.62. The highest BCUT2D eigenvalue weighted by atomic mass is 32.1. The standard InChI is InChI=1S/C32H32FN3O4S/c1-17-4-3-5-18(2)29(17)39-16-26-24(30(40-36-26)20-6-7-20)15-38-23-12-21-8-9-22(13-23)32(21,37)31-35-28-25(33)10-19(14-34)11-27(28)41-31/h3-5,10-11,20-23,37H,6-9,12-13,15-16H2,1-2H3/t21-,22?,23?,32?/m0/s1. The Balaban J connectivity index is 1.07. The number of nitriles is 1. The average Bonchev–Trinajstić information content (AvgIpc) is 3.54. The van der Waals surface area contributed by atoms with E-state index in [4.69, 9.17) is 14.0 Å². The molecule has 0 radical (unpaired) electrons. The molecule has 41 heavy (non-hydrogen) atoms. The maximum absolute atomic E-state index is 14.6. The van der Waals surface area contributed by atoms with E-state index in [0.29, 0.717) is 41.7 Å². The summed E-state index contributed by atoms with van der Waals surface area (Å²) in [4.78, 5) is 4.55. The zero-order valence-electron chi connectivity index (χ0n) is 23.2. The molecule has 4 atom stereocenters. The fourth-order valence-corrected chi connectivity index (χ4v) is 8.14. The summed E-state index contributed by atoms with van der Waals surface area (Å²) < 4.78 is 33.8. The topological polar surface area (TPSA) is 101 Å². The predicted octanol–water partition coefficient (Wildman–Crippen LogP) is 6.96. The number of ether oxygens (including phenoxy) is 2. The molecule has 1 N–H and O–H groups in total. The van der Waals surface area contributed by atoms with Crippen molar-refractivity contribution in [1.29, 1.82) is 5.26 Å². The molecule has 3 aliphatic carbocycles. The number of fused-ring (bicyclic) bond motifs is 3. The molecule has 2 aromatic heterocycles. The molecule has 0 saturated heterocycles. The number of aromatic nitrogens is 2. The Labute approximate surface area is 241 Å². The van der Waals surface area contributed by atoms with Gasteiger partial charge in [-0.1, -0.05) is 23.4 Å². The molecule has 9 heteroatoms. The van der Waals surface area contributed by atoms with Crippen molar-refractivity contribution in [3.8, 4) is 11.8 Å². The number of para-hydroxylation sites is 1. The minimum absolute atomic E-state index is 0.0154. The highest BCUT2D eigenvalue weighted by Crippen LogP contribution is 2.57. The van der Waals surface area contributed by atoms with E-state index in [9.17, 15) is 14.8 Å². The van der Waals surface area contributed by atoms with Gasteiger partial charge in [-0.05, 0) is 87.5 Å². The van der Waals surface area contributed by atoms with Gasteiger partial charge in [-0.2, -0.15) is 5.26 Å². The summed E-state index contributed by atoms with van der Waals surface area (Å²) in [5.74, 6) is 1.60. The van der Waals surface area contributed by atoms with Crippen molar-refractivity contribution in [2.75, 3.05) is 0 Å². The number of halogens is 1. The Bertz CT molecular complexity index is 1640. The van der Waals surface area contributed by atoms with E-state index in [-0.39, 0.29) is 29.0 Å². The van der Waals surface area contributed by atoms with Gasteiger partial charge in [0.15, 0.2) is 5.82 Å². The van der Waals surface area contributed by atoms with Crippen LogP contribution < -0.4 is 4.74 Å². The van der Waals surface area contributed by atoms with Crippen LogP contribution in [-0.4, -0.2) is 21.4 Å². The summed E-state index contributed by atoms with van der Waals surface area (Å²) in [5, 5.41) is 26.1. The van der Waals surface area contributed by atoms with Crippen LogP contribution in [0.15, 0.2) is 34.9 Å². The van der Waals surface area contributed by atoms with E-state index >= 15 is 0 Å². The minimum Gasteiger partial charge on any atom is -0.487 e. The molecule has 2 heterocycles. The van der Waals surface area contributed by atoms with Crippen LogP contribution in [0.5, 0.6) is 5.75 Å². The van der Waals surface area contributed by atoms with Gasteiger partial charge in [-0.15, -0.1) is 11.3 Å². The molecule has 3 saturated carbocycles. The fraction of sp³-hybridized carbons (Fsp3) is 0.469. The Morgan fingerprint density at radius 1 is 1.12 bits per heavy atom. The Hall–Kier alpha value is -3.32. The lowest BCUT2D eigenvalue weighted by atomic mass is 9.73. The molecule has 3 fully saturated rings. The molecule has 0 amide bonds. The molecule has 0 aliphatic heterocycles. The van der Waals surface area contributed by atoms with Crippen molar-refractivity contribution in [1.82, 2.24) is 10.1 Å². The highest BCUT2D eigenvalue weighted by Gasteiger charge is 2.56. The van der Waals surface area contributed by atoms with E-state index in [2.05, 4.69) is 10.1 Å². The molecular formula is C32H32FN3O4S. The van der Waals surface area contributed by atoms with E-state index in [1.165, 1.54) is 17.4 Å². The van der Waals surface area contributed by atoms with E-state index in [1.807, 2.05) is 38.1 Å². The van der Waals surface area contributed by atoms with Gasteiger partial charge in [0.2, 0.25) is 0 Å². The Kier molecular flexibility index (Phi) is 6.61. The van der Waals surface area contributed by atoms with Crippen LogP contribution in [0.2, 0.25) is 0 Å². The fourth-order valence-electron chi connectivity index (χ4n) is 6.87. The van der Waals surface area contributed by atoms with Gasteiger partial charge in [0.25, 0.3) is 0 Å². The molecule has 212 valence electrons. The predicted molar refractivity (Wildman–Crippen MR) is 151 cm³/mol. The number of benzene rings is 2. The maximum Gasteiger partial charge on any atom is 0.151 e. The van der Waals surface area contributed by atoms with Crippen molar-refractivity contribution in [2.24, 2.45) is 11.8 Å². The van der Waals surface area contributed by atoms with Crippen molar-refractivity contribution in [2.45, 2.75) is 83.2 Å². The smallest absolute Gasteiger partial charge is 0.151 e. The van der Waals surface area contributed by atoms with Crippen LogP contribution in [0.3, 0.4) is 0 Å². The third-order valence-electron chi connectivity index (χ3n) is 9.20. The summed E-state index contributed by atoms with van der Waals surface area (Å²) in [6.07, 6.45) is 5.33. The first kappa shape index (κ1) is 26.6. The molecule has 2 aromatic carbocycles. The number of rotatable bonds is 8. The number of hydrogen-bond acceptors (Lipinski definition) is 8. The van der Waals surface area contributed by atoms with E-state index in [1.54, 1.807) is 6.07 Å². The maximum atomic E-state index is 14.6. The summed E-state index contributed by atoms with van der Waals surface area (Å²) in [7, 11) is 0. The third-order valence-corrected chi connectivity index (χ3v) is 10.3. The van der Waals surface area contributed by atoms with Crippen LogP contribution in [0, 0.1) is 42.8 Å². The van der Waals surface area contributed by atoms with Crippen LogP contribution >= 0.6 is 11.3 Å². The minimum atomic E-state index is -1.11. The second-order valence-corrected chi connectivity index (χ2v) is 12.9. The zero-order valence-corrected chi connectivity index (χ0v) is 24.0. The molecule has 3 unspecified atom stereocenters. The molecule has 3 aliphatic rings. The molecule has 0 spiro atoms. The number of nitrogens with zero attached hydrogens (tertiary/aromatic N) is 3. The second-order valence-electron chi connectivity index (χ2n) is 11.9. The van der Waals surface area contributed by atoms with Gasteiger partial charge in [-0.3, -0.25) is 0 Å². The lowest BCUT2D eigenvalue weighted by molar-refractivity contribution is -0.116. The van der Waals surface area contributed by atoms with Gasteiger partial charge in [0.1, 0.15) is 39.9 Å². The monoisotopic (exact) mass is 573 g/mol. The number of hydrogen-bond donors (Lipinski definition) is 1. The normalized spacial score (nSPS) is 25.5. The number of aryl methyl sites for hydroxylation is 2. The van der Waals surface area contributed by atoms with Gasteiger partial charge in [0.05, 0.1) is 29.0 Å². The Morgan fingerprint density at radius 2 is 1.85 bits per heavy atom. The van der Waals surface area contributed by atoms with Crippen LogP contribution in [0.1, 0.15) is 83.2 Å². The summed E-state index contributed by atoms with van der Waals surface area (Å²) in [6.45, 7) is 4.79. The zero-order chi connectivity index (χ0) is 28.3. The summed E-state index contributed by atoms with van der Waals surface area (Å²) >= 11 is 1.30. The highest BCUT2D eigenvalue weighted by molar-refractivity contribution is 7.18. The van der Waals surface area contributed by atoms with Gasteiger partial charge >= 0.3 is 0 Å². The van der Waals surface area contributed by atoms with Crippen molar-refractivity contribution < 1.29 is 23.5 Å². The molecular weight excluding hydrogens is 541 g/mol. The van der Waals surface area contributed by atoms with Crippen LogP contribution in [0.4, 0.5) is 4.39 Å². The van der Waals surface area contributed by atoms with Crippen molar-refractivity contribution in [3.05, 3.63) is 74.9 Å². The first-order chi connectivity index (χ1) is 19.8. The SMILES string of the molecule is Cc1cccc(C)c1OCc1noc(C2CC2)c1COC1CC2CC[C@@H](C1)C2(O)c1nc2c(F)cc(C#N)cc2s1. The first-order valence-electron chi connectivity index (χ1n) is 14.4. The summed E-state index contributed by atoms with van der Waals surface area (Å²) in [6, 6.07) is 11.0. The lowest BCUT2D eigenvalue weighted by Gasteiger charge is -2.41. The van der Waals surface area contributed by atoms with E-state index < -0.39 is 11.4 Å². The van der Waals surface area contributed by atoms with Crippen LogP contribution in [-0.2, 0) is 23.6 Å². The number of thiazole rings is 1. The molecule has 7 rings (SSSR count). The molecule has 7 nitrogen and oxygen atoms in total. The van der Waals surface area contributed by atoms with Crippen LogP contribution in [0.25, 0.3) is 10.2 Å². The van der Waals surface area contributed by atoms with Crippen molar-refractivity contribution >= 4 is 21.6 Å². The van der Waals surface area contributed by atoms with Gasteiger partial charge < -0.3 is 19.1 Å². The van der Waals surface area contributed by atoms with E-state index in [0.717, 1.165) is 59.6 Å². The second kappa shape index (κ2) is 10.2.